The summed E-state index contributed by atoms with van der Waals surface area (Å²) in [5, 5.41) is 23.2. The molecule has 6 atom stereocenters. The summed E-state index contributed by atoms with van der Waals surface area (Å²) in [5.74, 6) is 0.875. The van der Waals surface area contributed by atoms with Gasteiger partial charge < -0.3 is 23.6 Å². The number of ether oxygens (including phenoxy) is 1. The third-order valence-corrected chi connectivity index (χ3v) is 9.02. The van der Waals surface area contributed by atoms with Crippen LogP contribution in [0.25, 0.3) is 0 Å². The smallest absolute Gasteiger partial charge is 0.446 e. The summed E-state index contributed by atoms with van der Waals surface area (Å²) >= 11 is 0. The third-order valence-electron chi connectivity index (χ3n) is 8.63. The highest BCUT2D eigenvalue weighted by molar-refractivity contribution is 7.81. The minimum Gasteiger partial charge on any atom is -0.482 e. The highest BCUT2D eigenvalue weighted by atomic mass is 32.3. The van der Waals surface area contributed by atoms with E-state index in [1.807, 2.05) is 6.07 Å². The van der Waals surface area contributed by atoms with E-state index in [1.54, 1.807) is 0 Å². The molecule has 1 saturated heterocycles. The number of piperidine rings is 1. The van der Waals surface area contributed by atoms with Gasteiger partial charge in [-0.2, -0.15) is 8.42 Å². The molecule has 0 aromatic heterocycles. The lowest BCUT2D eigenvalue weighted by Crippen LogP contribution is -2.81. The number of aliphatic hydroxyl groups excluding tert-OH is 1. The summed E-state index contributed by atoms with van der Waals surface area (Å²) in [7, 11) is -2.47. The fraction of sp³-hybridized carbons (Fsp3) is 0.714. The Hall–Kier alpha value is -1.39. The average Bonchev–Trinajstić information content (AvgIpc) is 3.38. The number of nitrogens with zero attached hydrogens (tertiary/aromatic N) is 1. The van der Waals surface area contributed by atoms with E-state index in [9.17, 15) is 23.2 Å². The van der Waals surface area contributed by atoms with Crippen LogP contribution < -0.4 is 8.92 Å². The molecule has 6 rings (SSSR count). The topological polar surface area (TPSA) is 113 Å². The van der Waals surface area contributed by atoms with E-state index in [2.05, 4.69) is 7.05 Å². The van der Waals surface area contributed by atoms with Gasteiger partial charge in [-0.25, -0.2) is 0 Å². The highest BCUT2D eigenvalue weighted by Crippen LogP contribution is 2.66. The van der Waals surface area contributed by atoms with Gasteiger partial charge in [0.1, 0.15) is 17.7 Å². The van der Waals surface area contributed by atoms with Crippen LogP contribution >= 0.6 is 0 Å². The summed E-state index contributed by atoms with van der Waals surface area (Å²) in [6.45, 7) is 1.93. The Labute approximate surface area is 175 Å². The molecule has 0 radical (unpaired) electrons. The Morgan fingerprint density at radius 3 is 2.73 bits per heavy atom. The van der Waals surface area contributed by atoms with E-state index in [0.717, 1.165) is 34.6 Å². The van der Waals surface area contributed by atoms with Crippen LogP contribution in [0.5, 0.6) is 11.5 Å². The number of benzene rings is 1. The number of hydrogen-bond acceptors (Lipinski definition) is 6. The molecule has 3 aliphatic carbocycles. The van der Waals surface area contributed by atoms with Crippen LogP contribution in [0.2, 0.25) is 0 Å². The standard InChI is InChI=1S/C21H27NO7S/c1-22(11-12-2-3-12)9-8-20-17-13-4-5-15(29-30(25,26)27)18(17)28-19(20)14(23)6-7-21(20,24)16(22)10-13/h4-5,12,14,16,19,23-24H,2-3,6-11H2,1H3/p+1/t14-,16+,19-,20-,21+,22?/m0/s1. The number of aliphatic hydroxyl groups is 2. The highest BCUT2D eigenvalue weighted by Gasteiger charge is 2.76. The van der Waals surface area contributed by atoms with Crippen LogP contribution in [0.4, 0.5) is 0 Å². The number of likely N-dealkylation sites (N-methyl/N-ethyl adjacent to an activating group) is 1. The molecule has 5 aliphatic rings. The summed E-state index contributed by atoms with van der Waals surface area (Å²) in [6, 6.07) is 3.33. The maximum absolute atomic E-state index is 12.3. The van der Waals surface area contributed by atoms with Crippen molar-refractivity contribution in [3.63, 3.8) is 0 Å². The van der Waals surface area contributed by atoms with Crippen molar-refractivity contribution in [3.8, 4) is 11.5 Å². The normalized spacial score (nSPS) is 43.7. The first-order chi connectivity index (χ1) is 14.1. The van der Waals surface area contributed by atoms with E-state index in [1.165, 1.54) is 18.9 Å². The van der Waals surface area contributed by atoms with Crippen molar-refractivity contribution < 1.29 is 36.6 Å². The molecule has 8 nitrogen and oxygen atoms in total. The van der Waals surface area contributed by atoms with E-state index >= 15 is 0 Å². The monoisotopic (exact) mass is 438 g/mol. The molecule has 2 aliphatic heterocycles. The quantitative estimate of drug-likeness (QED) is 0.474. The number of quaternary nitrogens is 1. The van der Waals surface area contributed by atoms with Gasteiger partial charge in [0, 0.05) is 24.3 Å². The summed E-state index contributed by atoms with van der Waals surface area (Å²) in [4.78, 5) is 0. The predicted molar refractivity (Wildman–Crippen MR) is 106 cm³/mol. The zero-order valence-corrected chi connectivity index (χ0v) is 17.8. The maximum atomic E-state index is 12.3. The second-order valence-corrected chi connectivity index (χ2v) is 11.3. The van der Waals surface area contributed by atoms with Crippen LogP contribution in [-0.4, -0.2) is 71.7 Å². The minimum absolute atomic E-state index is 0.00255. The van der Waals surface area contributed by atoms with Gasteiger partial charge in [-0.05, 0) is 37.3 Å². The maximum Gasteiger partial charge on any atom is 0.446 e. The molecule has 0 amide bonds. The average molecular weight is 439 g/mol. The Balaban J connectivity index is 1.56. The SMILES string of the molecule is C[N+]1(CC2CC2)CC[C@]23c4c5ccc(OS(=O)(=O)O)c4O[C@H]2[C@@H](O)CC[C@@]3(O)[C@H]1C5. The molecule has 1 spiro atoms. The lowest BCUT2D eigenvalue weighted by Gasteiger charge is -2.65. The first-order valence-corrected chi connectivity index (χ1v) is 12.2. The molecular weight excluding hydrogens is 410 g/mol. The molecule has 1 unspecified atom stereocenters. The van der Waals surface area contributed by atoms with Gasteiger partial charge in [0.25, 0.3) is 0 Å². The summed E-state index contributed by atoms with van der Waals surface area (Å²) in [5.41, 5.74) is -0.0612. The second kappa shape index (κ2) is 5.69. The van der Waals surface area contributed by atoms with E-state index < -0.39 is 33.6 Å². The van der Waals surface area contributed by atoms with Gasteiger partial charge in [-0.15, -0.1) is 0 Å². The number of rotatable bonds is 4. The van der Waals surface area contributed by atoms with Crippen molar-refractivity contribution in [2.24, 2.45) is 5.92 Å². The fourth-order valence-corrected chi connectivity index (χ4v) is 7.66. The molecule has 30 heavy (non-hydrogen) atoms. The van der Waals surface area contributed by atoms with Crippen LogP contribution in [0, 0.1) is 5.92 Å². The van der Waals surface area contributed by atoms with Gasteiger partial charge in [-0.3, -0.25) is 4.55 Å². The Kier molecular flexibility index (Phi) is 3.66. The minimum atomic E-state index is -4.73. The van der Waals surface area contributed by atoms with Crippen molar-refractivity contribution in [1.82, 2.24) is 0 Å². The lowest BCUT2D eigenvalue weighted by molar-refractivity contribution is -0.950. The van der Waals surface area contributed by atoms with E-state index in [-0.39, 0.29) is 17.5 Å². The third kappa shape index (κ3) is 2.33. The van der Waals surface area contributed by atoms with Crippen LogP contribution in [0.15, 0.2) is 12.1 Å². The Morgan fingerprint density at radius 2 is 2.03 bits per heavy atom. The molecule has 1 aromatic carbocycles. The van der Waals surface area contributed by atoms with Crippen molar-refractivity contribution >= 4 is 10.4 Å². The van der Waals surface area contributed by atoms with E-state index in [0.29, 0.717) is 25.7 Å². The largest absolute Gasteiger partial charge is 0.482 e. The molecule has 2 saturated carbocycles. The molecular formula is C21H28NO7S+. The Morgan fingerprint density at radius 1 is 1.27 bits per heavy atom. The fourth-order valence-electron chi connectivity index (χ4n) is 7.30. The summed E-state index contributed by atoms with van der Waals surface area (Å²) < 4.78 is 43.8. The first-order valence-electron chi connectivity index (χ1n) is 10.8. The lowest BCUT2D eigenvalue weighted by atomic mass is 9.48. The van der Waals surface area contributed by atoms with Gasteiger partial charge in [0.2, 0.25) is 0 Å². The van der Waals surface area contributed by atoms with E-state index in [4.69, 9.17) is 8.92 Å². The summed E-state index contributed by atoms with van der Waals surface area (Å²) in [6.07, 6.45) is 3.33. The second-order valence-electron chi connectivity index (χ2n) is 10.3. The van der Waals surface area contributed by atoms with Gasteiger partial charge in [-0.1, -0.05) is 6.07 Å². The van der Waals surface area contributed by atoms with Crippen LogP contribution in [0.3, 0.4) is 0 Å². The Bertz CT molecular complexity index is 1040. The van der Waals surface area contributed by atoms with Crippen molar-refractivity contribution in [1.29, 1.82) is 0 Å². The van der Waals surface area contributed by atoms with Crippen molar-refractivity contribution in [3.05, 3.63) is 23.3 Å². The molecule has 9 heteroatoms. The zero-order valence-electron chi connectivity index (χ0n) is 17.0. The van der Waals surface area contributed by atoms with Gasteiger partial charge in [0.15, 0.2) is 11.5 Å². The number of likely N-dealkylation sites (tertiary alicyclic amines) is 1. The molecule has 3 fully saturated rings. The molecule has 2 heterocycles. The molecule has 164 valence electrons. The van der Waals surface area contributed by atoms with Gasteiger partial charge >= 0.3 is 10.4 Å². The number of hydrogen-bond donors (Lipinski definition) is 3. The zero-order chi connectivity index (χ0) is 21.1. The first kappa shape index (κ1) is 19.3. The van der Waals surface area contributed by atoms with Crippen LogP contribution in [0.1, 0.15) is 43.2 Å². The van der Waals surface area contributed by atoms with Gasteiger partial charge in [0.05, 0.1) is 31.7 Å². The van der Waals surface area contributed by atoms with Crippen LogP contribution in [-0.2, 0) is 22.2 Å². The van der Waals surface area contributed by atoms with Crippen molar-refractivity contribution in [2.75, 3.05) is 20.1 Å². The molecule has 2 bridgehead atoms. The molecule has 1 aromatic rings. The molecule has 3 N–H and O–H groups in total. The predicted octanol–water partition coefficient (Wildman–Crippen LogP) is 0.938. The van der Waals surface area contributed by atoms with Crippen molar-refractivity contribution in [2.45, 2.75) is 67.8 Å².